The number of benzene rings is 4. The smallest absolute Gasteiger partial charge is 0.349 e. The van der Waals surface area contributed by atoms with Crippen molar-refractivity contribution in [3.63, 3.8) is 0 Å². The van der Waals surface area contributed by atoms with E-state index in [-0.39, 0.29) is 22.8 Å². The van der Waals surface area contributed by atoms with E-state index in [4.69, 9.17) is 46.7 Å². The first-order chi connectivity index (χ1) is 28.5. The average molecular weight is 827 g/mol. The summed E-state index contributed by atoms with van der Waals surface area (Å²) in [5.74, 6) is 0. The van der Waals surface area contributed by atoms with Crippen molar-refractivity contribution in [2.24, 2.45) is 0 Å². The van der Waals surface area contributed by atoms with Crippen LogP contribution in [0.5, 0.6) is 0 Å². The number of rotatable bonds is 16. The predicted octanol–water partition coefficient (Wildman–Crippen LogP) is 8.90. The highest BCUT2D eigenvalue weighted by molar-refractivity contribution is 6.73. The van der Waals surface area contributed by atoms with E-state index in [1.807, 2.05) is 109 Å². The Morgan fingerprint density at radius 1 is 0.508 bits per heavy atom. The Hall–Kier alpha value is -3.30. The zero-order valence-corrected chi connectivity index (χ0v) is 36.6. The molecule has 0 aliphatic carbocycles. The molecular formula is C48H62O10Si. The third kappa shape index (κ3) is 10.4. The molecule has 3 heterocycles. The van der Waals surface area contributed by atoms with E-state index in [1.165, 1.54) is 0 Å². The molecule has 0 bridgehead atoms. The summed E-state index contributed by atoms with van der Waals surface area (Å²) >= 11 is 0. The lowest BCUT2D eigenvalue weighted by Gasteiger charge is -2.53. The van der Waals surface area contributed by atoms with Crippen LogP contribution in [0.15, 0.2) is 121 Å². The van der Waals surface area contributed by atoms with E-state index in [0.717, 1.165) is 22.3 Å². The van der Waals surface area contributed by atoms with Gasteiger partial charge in [-0.3, -0.25) is 0 Å². The van der Waals surface area contributed by atoms with Gasteiger partial charge in [-0.15, -0.1) is 0 Å². The summed E-state index contributed by atoms with van der Waals surface area (Å²) in [6, 6.07) is 40.3. The molecule has 3 aliphatic heterocycles. The van der Waals surface area contributed by atoms with E-state index in [9.17, 15) is 0 Å². The lowest BCUT2D eigenvalue weighted by molar-refractivity contribution is -0.328. The Morgan fingerprint density at radius 2 is 0.932 bits per heavy atom. The average Bonchev–Trinajstić information content (AvgIpc) is 3.59. The molecule has 0 N–H and O–H groups in total. The number of fused-ring (bicyclic) bond motifs is 1. The fourth-order valence-corrected chi connectivity index (χ4v) is 13.6. The first-order valence-corrected chi connectivity index (χ1v) is 22.7. The fourth-order valence-electron chi connectivity index (χ4n) is 8.64. The van der Waals surface area contributed by atoms with E-state index >= 15 is 0 Å². The van der Waals surface area contributed by atoms with Gasteiger partial charge in [0.15, 0.2) is 12.6 Å². The normalized spacial score (nSPS) is 28.3. The number of ether oxygens (including phenoxy) is 8. The van der Waals surface area contributed by atoms with Crippen molar-refractivity contribution in [1.82, 2.24) is 0 Å². The van der Waals surface area contributed by atoms with Gasteiger partial charge in [-0.05, 0) is 22.3 Å². The van der Waals surface area contributed by atoms with Gasteiger partial charge in [-0.25, -0.2) is 0 Å². The van der Waals surface area contributed by atoms with Gasteiger partial charge in [-0.2, -0.15) is 0 Å². The topological polar surface area (TPSA) is 92.3 Å². The summed E-state index contributed by atoms with van der Waals surface area (Å²) in [6.45, 7) is 15.1. The van der Waals surface area contributed by atoms with Gasteiger partial charge in [0, 0.05) is 17.2 Å². The molecule has 318 valence electrons. The molecule has 4 aromatic carbocycles. The highest BCUT2D eigenvalue weighted by atomic mass is 28.4. The molecule has 0 aromatic heterocycles. The molecule has 0 saturated carbocycles. The molecule has 0 radical (unpaired) electrons. The molecule has 3 fully saturated rings. The Labute approximate surface area is 351 Å². The van der Waals surface area contributed by atoms with Gasteiger partial charge >= 0.3 is 8.56 Å². The Balaban J connectivity index is 1.17. The summed E-state index contributed by atoms with van der Waals surface area (Å²) in [5, 5.41) is -0.442. The molecule has 3 aliphatic rings. The maximum atomic E-state index is 7.24. The lowest BCUT2D eigenvalue weighted by Crippen LogP contribution is -2.65. The highest BCUT2D eigenvalue weighted by Crippen LogP contribution is 2.55. The third-order valence-electron chi connectivity index (χ3n) is 11.4. The number of hydrogen-bond acceptors (Lipinski definition) is 10. The van der Waals surface area contributed by atoms with E-state index in [1.54, 1.807) is 7.11 Å². The summed E-state index contributed by atoms with van der Waals surface area (Å²) in [7, 11) is -1.25. The Bertz CT molecular complexity index is 1820. The van der Waals surface area contributed by atoms with Crippen LogP contribution in [0, 0.1) is 0 Å². The maximum Gasteiger partial charge on any atom is 0.349 e. The highest BCUT2D eigenvalue weighted by Gasteiger charge is 2.65. The summed E-state index contributed by atoms with van der Waals surface area (Å²) in [4.78, 5) is 0. The molecule has 11 heteroatoms. The molecule has 10 nitrogen and oxygen atoms in total. The van der Waals surface area contributed by atoms with Gasteiger partial charge in [-0.1, -0.05) is 163 Å². The summed E-state index contributed by atoms with van der Waals surface area (Å²) in [6.07, 6.45) is -5.39. The van der Waals surface area contributed by atoms with Gasteiger partial charge in [0.1, 0.15) is 42.7 Å². The van der Waals surface area contributed by atoms with Crippen molar-refractivity contribution in [2.45, 2.75) is 133 Å². The summed E-state index contributed by atoms with van der Waals surface area (Å²) < 4.78 is 67.4. The third-order valence-corrected chi connectivity index (χ3v) is 16.5. The summed E-state index contributed by atoms with van der Waals surface area (Å²) in [5.41, 5.74) is 4.11. The van der Waals surface area contributed by atoms with Crippen LogP contribution in [0.3, 0.4) is 0 Å². The van der Waals surface area contributed by atoms with Crippen molar-refractivity contribution in [2.75, 3.05) is 20.3 Å². The van der Waals surface area contributed by atoms with Crippen LogP contribution in [-0.4, -0.2) is 84.2 Å². The van der Waals surface area contributed by atoms with Crippen molar-refractivity contribution in [3.05, 3.63) is 144 Å². The molecule has 4 aromatic rings. The molecule has 0 spiro atoms. The van der Waals surface area contributed by atoms with Crippen molar-refractivity contribution in [3.8, 4) is 0 Å². The van der Waals surface area contributed by atoms with Crippen LogP contribution in [0.25, 0.3) is 0 Å². The van der Waals surface area contributed by atoms with Crippen LogP contribution in [0.2, 0.25) is 10.1 Å². The minimum atomic E-state index is -2.87. The van der Waals surface area contributed by atoms with Crippen LogP contribution in [0.1, 0.15) is 63.8 Å². The molecule has 7 rings (SSSR count). The zero-order valence-electron chi connectivity index (χ0n) is 35.6. The van der Waals surface area contributed by atoms with Crippen LogP contribution in [-0.2, 0) is 73.2 Å². The van der Waals surface area contributed by atoms with Crippen molar-refractivity contribution >= 4 is 8.56 Å². The quantitative estimate of drug-likeness (QED) is 0.102. The van der Waals surface area contributed by atoms with E-state index in [2.05, 4.69) is 53.7 Å². The second kappa shape index (κ2) is 19.6. The number of hydrogen-bond donors (Lipinski definition) is 0. The van der Waals surface area contributed by atoms with Crippen LogP contribution in [0.4, 0.5) is 0 Å². The first-order valence-electron chi connectivity index (χ1n) is 20.8. The second-order valence-electron chi connectivity index (χ2n) is 17.7. The van der Waals surface area contributed by atoms with Gasteiger partial charge < -0.3 is 46.7 Å². The fraction of sp³-hybridized carbons (Fsp3) is 0.500. The van der Waals surface area contributed by atoms with E-state index in [0.29, 0.717) is 33.0 Å². The molecule has 3 saturated heterocycles. The molecular weight excluding hydrogens is 765 g/mol. The van der Waals surface area contributed by atoms with Crippen molar-refractivity contribution in [1.29, 1.82) is 0 Å². The predicted molar refractivity (Wildman–Crippen MR) is 226 cm³/mol. The first kappa shape index (κ1) is 43.8. The second-order valence-corrected chi connectivity index (χ2v) is 22.5. The van der Waals surface area contributed by atoms with Gasteiger partial charge in [0.05, 0.1) is 39.6 Å². The molecule has 9 atom stereocenters. The SMILES string of the molecule is CO[C@H]1O[C@H](CO[C@@H]2O[C@@H]3CO[Si](C(C)(C)C)(C(C)(C)C)O[C@H]3[C@@H]2OCc2ccccc2)[C@@H](OCc2ccccc2)[C@H](OCc2ccccc2)[C@H]1OCc1ccccc1. The largest absolute Gasteiger partial charge is 0.391 e. The zero-order chi connectivity index (χ0) is 41.5. The Morgan fingerprint density at radius 3 is 1.37 bits per heavy atom. The van der Waals surface area contributed by atoms with Gasteiger partial charge in [0.25, 0.3) is 0 Å². The molecule has 0 amide bonds. The van der Waals surface area contributed by atoms with E-state index < -0.39 is 57.8 Å². The van der Waals surface area contributed by atoms with Gasteiger partial charge in [0.2, 0.25) is 0 Å². The monoisotopic (exact) mass is 826 g/mol. The maximum absolute atomic E-state index is 7.24. The van der Waals surface area contributed by atoms with Crippen LogP contribution >= 0.6 is 0 Å². The number of methoxy groups -OCH3 is 1. The lowest BCUT2D eigenvalue weighted by atomic mass is 9.97. The minimum Gasteiger partial charge on any atom is -0.391 e. The minimum absolute atomic E-state index is 0.0905. The van der Waals surface area contributed by atoms with Crippen molar-refractivity contribution < 1.29 is 46.7 Å². The van der Waals surface area contributed by atoms with Crippen LogP contribution < -0.4 is 0 Å². The Kier molecular flexibility index (Phi) is 14.5. The standard InChI is InChI=1S/C48H62O10Si/c1-47(2,3)59(48(4,5)6)55-33-39-41(58-59)43(52-30-36-24-16-10-17-25-36)46(57-39)54-32-38-40(50-28-34-20-12-8-13-21-34)42(51-29-35-22-14-9-15-23-35)44(45(49-7)56-38)53-31-37-26-18-11-19-27-37/h8-27,38-46H,28-33H2,1-7H3/t38-,39-,40-,41-,42+,43+,44-,45+,46-/m1/s1. The molecule has 0 unspecified atom stereocenters. The molecule has 59 heavy (non-hydrogen) atoms.